The van der Waals surface area contributed by atoms with Gasteiger partial charge in [-0.2, -0.15) is 0 Å². The monoisotopic (exact) mass is 435 g/mol. The fourth-order valence-corrected chi connectivity index (χ4v) is 7.17. The molecule has 6 heteroatoms. The molecular weight excluding hydrogens is 406 g/mol. The van der Waals surface area contributed by atoms with Crippen LogP contribution in [-0.4, -0.2) is 60.9 Å². The Morgan fingerprint density at radius 2 is 1.58 bits per heavy atom. The Hall–Kier alpha value is -2.18. The van der Waals surface area contributed by atoms with E-state index in [9.17, 15) is 9.59 Å². The average Bonchev–Trinajstić information content (AvgIpc) is 3.57. The molecular formula is C25H29N3O2S. The van der Waals surface area contributed by atoms with E-state index in [0.717, 1.165) is 52.0 Å². The molecule has 4 aliphatic rings. The Balaban J connectivity index is 0.972. The molecule has 5 nitrogen and oxygen atoms in total. The van der Waals surface area contributed by atoms with E-state index in [-0.39, 0.29) is 23.7 Å². The normalized spacial score (nSPS) is 30.2. The lowest BCUT2D eigenvalue weighted by molar-refractivity contribution is -0.140. The van der Waals surface area contributed by atoms with Crippen LogP contribution in [0.2, 0.25) is 0 Å². The number of benzene rings is 1. The number of anilines is 1. The molecule has 1 aromatic heterocycles. The smallest absolute Gasteiger partial charge is 0.233 e. The molecule has 3 heterocycles. The number of piperazine rings is 1. The van der Waals surface area contributed by atoms with Crippen molar-refractivity contribution in [2.45, 2.75) is 19.3 Å². The summed E-state index contributed by atoms with van der Waals surface area (Å²) in [4.78, 5) is 32.2. The number of hydrogen-bond acceptors (Lipinski definition) is 5. The van der Waals surface area contributed by atoms with Crippen LogP contribution in [-0.2, 0) is 9.59 Å². The van der Waals surface area contributed by atoms with Crippen molar-refractivity contribution in [1.82, 2.24) is 9.80 Å². The molecule has 2 amide bonds. The van der Waals surface area contributed by atoms with E-state index in [1.165, 1.54) is 15.8 Å². The van der Waals surface area contributed by atoms with Crippen molar-refractivity contribution in [2.75, 3.05) is 44.2 Å². The van der Waals surface area contributed by atoms with Crippen LogP contribution in [0.15, 0.2) is 41.8 Å². The minimum atomic E-state index is -0.0524. The summed E-state index contributed by atoms with van der Waals surface area (Å²) in [6.45, 7) is 5.90. The largest absolute Gasteiger partial charge is 0.368 e. The van der Waals surface area contributed by atoms with Gasteiger partial charge in [-0.3, -0.25) is 19.4 Å². The van der Waals surface area contributed by atoms with Crippen LogP contribution in [0.3, 0.4) is 0 Å². The molecule has 0 N–H and O–H groups in total. The van der Waals surface area contributed by atoms with Gasteiger partial charge in [0, 0.05) is 32.7 Å². The van der Waals surface area contributed by atoms with Gasteiger partial charge in [0.2, 0.25) is 11.8 Å². The van der Waals surface area contributed by atoms with Crippen LogP contribution in [0.4, 0.5) is 5.69 Å². The Morgan fingerprint density at radius 3 is 2.32 bits per heavy atom. The summed E-state index contributed by atoms with van der Waals surface area (Å²) in [6.07, 6.45) is 7.29. The summed E-state index contributed by atoms with van der Waals surface area (Å²) >= 11 is 1.83. The summed E-state index contributed by atoms with van der Waals surface area (Å²) in [7, 11) is 0. The van der Waals surface area contributed by atoms with E-state index in [4.69, 9.17) is 0 Å². The quantitative estimate of drug-likeness (QED) is 0.395. The fourth-order valence-electron chi connectivity index (χ4n) is 6.23. The number of nitrogens with zero attached hydrogens (tertiary/aromatic N) is 3. The number of thiophene rings is 1. The van der Waals surface area contributed by atoms with Gasteiger partial charge in [-0.25, -0.2) is 0 Å². The summed E-state index contributed by atoms with van der Waals surface area (Å²) in [5.74, 6) is 0.721. The summed E-state index contributed by atoms with van der Waals surface area (Å²) in [6, 6.07) is 8.79. The third kappa shape index (κ3) is 3.23. The predicted molar refractivity (Wildman–Crippen MR) is 124 cm³/mol. The van der Waals surface area contributed by atoms with Gasteiger partial charge < -0.3 is 4.90 Å². The number of rotatable bonds is 6. The van der Waals surface area contributed by atoms with Crippen molar-refractivity contribution >= 4 is 38.9 Å². The molecule has 2 aliphatic heterocycles. The highest BCUT2D eigenvalue weighted by molar-refractivity contribution is 7.17. The molecule has 1 saturated carbocycles. The molecule has 1 aromatic carbocycles. The maximum atomic E-state index is 12.8. The lowest BCUT2D eigenvalue weighted by Crippen LogP contribution is -2.46. The maximum Gasteiger partial charge on any atom is 0.233 e. The second-order valence-corrected chi connectivity index (χ2v) is 10.4. The first kappa shape index (κ1) is 19.5. The van der Waals surface area contributed by atoms with Gasteiger partial charge in [-0.05, 0) is 60.5 Å². The second-order valence-electron chi connectivity index (χ2n) is 9.48. The number of fused-ring (bicyclic) bond motifs is 6. The highest BCUT2D eigenvalue weighted by atomic mass is 32.1. The van der Waals surface area contributed by atoms with Crippen LogP contribution >= 0.6 is 11.3 Å². The first-order valence-electron chi connectivity index (χ1n) is 11.7. The number of carbonyl (C=O) groups excluding carboxylic acids is 2. The van der Waals surface area contributed by atoms with Crippen LogP contribution in [0, 0.1) is 23.7 Å². The van der Waals surface area contributed by atoms with E-state index < -0.39 is 0 Å². The molecule has 6 rings (SSSR count). The predicted octanol–water partition coefficient (Wildman–Crippen LogP) is 3.61. The molecule has 2 aromatic rings. The van der Waals surface area contributed by atoms with Crippen molar-refractivity contribution in [3.63, 3.8) is 0 Å². The van der Waals surface area contributed by atoms with Crippen molar-refractivity contribution in [3.8, 4) is 0 Å². The van der Waals surface area contributed by atoms with E-state index in [1.807, 2.05) is 11.3 Å². The standard InChI is InChI=1S/C25H29N3O2S/c29-24-21-18-6-7-19(16-18)22(21)25(30)28(24)10-2-1-9-26-11-13-27(14-12-26)20-5-3-4-17-8-15-31-23(17)20/h3-8,15,18-19,21-22H,1-2,9-14,16H2/t18-,19+,21+,22-. The van der Waals surface area contributed by atoms with Gasteiger partial charge in [-0.15, -0.1) is 11.3 Å². The zero-order valence-corrected chi connectivity index (χ0v) is 18.6. The summed E-state index contributed by atoms with van der Waals surface area (Å²) in [5, 5.41) is 3.51. The Kier molecular flexibility index (Phi) is 4.87. The van der Waals surface area contributed by atoms with Gasteiger partial charge in [0.15, 0.2) is 0 Å². The van der Waals surface area contributed by atoms with E-state index in [1.54, 1.807) is 4.90 Å². The zero-order chi connectivity index (χ0) is 20.9. The van der Waals surface area contributed by atoms with Crippen molar-refractivity contribution in [3.05, 3.63) is 41.8 Å². The lowest BCUT2D eigenvalue weighted by atomic mass is 9.85. The van der Waals surface area contributed by atoms with Crippen molar-refractivity contribution < 1.29 is 9.59 Å². The van der Waals surface area contributed by atoms with Crippen LogP contribution < -0.4 is 4.90 Å². The van der Waals surface area contributed by atoms with Crippen LogP contribution in [0.5, 0.6) is 0 Å². The molecule has 0 unspecified atom stereocenters. The summed E-state index contributed by atoms with van der Waals surface area (Å²) < 4.78 is 1.39. The Bertz CT molecular complexity index is 1010. The molecule has 0 radical (unpaired) electrons. The fraction of sp³-hybridized carbons (Fsp3) is 0.520. The minimum Gasteiger partial charge on any atom is -0.368 e. The van der Waals surface area contributed by atoms with E-state index in [2.05, 4.69) is 51.6 Å². The number of allylic oxidation sites excluding steroid dienone is 2. The molecule has 4 atom stereocenters. The van der Waals surface area contributed by atoms with Crippen LogP contribution in [0.25, 0.3) is 10.1 Å². The molecule has 0 spiro atoms. The molecule has 2 aliphatic carbocycles. The number of unbranched alkanes of at least 4 members (excludes halogenated alkanes) is 1. The maximum absolute atomic E-state index is 12.8. The first-order valence-corrected chi connectivity index (χ1v) is 12.6. The van der Waals surface area contributed by atoms with Gasteiger partial charge in [0.1, 0.15) is 0 Å². The van der Waals surface area contributed by atoms with Gasteiger partial charge in [-0.1, -0.05) is 24.3 Å². The third-order valence-electron chi connectivity index (χ3n) is 7.84. The number of imide groups is 1. The summed E-state index contributed by atoms with van der Waals surface area (Å²) in [5.41, 5.74) is 1.37. The highest BCUT2D eigenvalue weighted by Crippen LogP contribution is 2.52. The first-order chi connectivity index (χ1) is 15.2. The van der Waals surface area contributed by atoms with Gasteiger partial charge in [0.25, 0.3) is 0 Å². The Labute approximate surface area is 187 Å². The van der Waals surface area contributed by atoms with Gasteiger partial charge >= 0.3 is 0 Å². The highest BCUT2D eigenvalue weighted by Gasteiger charge is 2.58. The van der Waals surface area contributed by atoms with Crippen molar-refractivity contribution in [1.29, 1.82) is 0 Å². The number of likely N-dealkylation sites (tertiary alicyclic amines) is 1. The average molecular weight is 436 g/mol. The van der Waals surface area contributed by atoms with Gasteiger partial charge in [0.05, 0.1) is 22.2 Å². The minimum absolute atomic E-state index is 0.0524. The number of carbonyl (C=O) groups is 2. The molecule has 3 fully saturated rings. The molecule has 2 saturated heterocycles. The zero-order valence-electron chi connectivity index (χ0n) is 17.8. The lowest BCUT2D eigenvalue weighted by Gasteiger charge is -2.36. The topological polar surface area (TPSA) is 43.9 Å². The second kappa shape index (κ2) is 7.75. The van der Waals surface area contributed by atoms with E-state index >= 15 is 0 Å². The number of hydrogen-bond donors (Lipinski definition) is 0. The molecule has 31 heavy (non-hydrogen) atoms. The third-order valence-corrected chi connectivity index (χ3v) is 8.79. The van der Waals surface area contributed by atoms with Crippen molar-refractivity contribution in [2.24, 2.45) is 23.7 Å². The SMILES string of the molecule is O=C1[C@@H]2[C@H](C(=O)N1CCCCN1CCN(c3cccc4ccsc34)CC1)[C@H]1C=C[C@@H]2C1. The van der Waals surface area contributed by atoms with Crippen LogP contribution in [0.1, 0.15) is 19.3 Å². The molecule has 2 bridgehead atoms. The Morgan fingerprint density at radius 1 is 0.871 bits per heavy atom. The molecule has 162 valence electrons. The van der Waals surface area contributed by atoms with E-state index in [0.29, 0.717) is 18.4 Å². The number of amides is 2.